The van der Waals surface area contributed by atoms with Gasteiger partial charge in [-0.05, 0) is 24.8 Å². The Morgan fingerprint density at radius 3 is 2.88 bits per heavy atom. The average molecular weight is 247 g/mol. The van der Waals surface area contributed by atoms with Gasteiger partial charge < -0.3 is 4.74 Å². The van der Waals surface area contributed by atoms with Crippen LogP contribution in [0.1, 0.15) is 25.8 Å². The van der Waals surface area contributed by atoms with Crippen molar-refractivity contribution in [1.29, 1.82) is 5.26 Å². The monoisotopic (exact) mass is 247 g/mol. The van der Waals surface area contributed by atoms with E-state index >= 15 is 0 Å². The molecule has 90 valence electrons. The smallest absolute Gasteiger partial charge is 0.138 e. The lowest BCUT2D eigenvalue weighted by molar-refractivity contribution is 0.320. The number of nitriles is 1. The molecule has 0 spiro atoms. The van der Waals surface area contributed by atoms with E-state index in [1.54, 1.807) is 11.8 Å². The van der Waals surface area contributed by atoms with Gasteiger partial charge in [-0.3, -0.25) is 0 Å². The van der Waals surface area contributed by atoms with Crippen LogP contribution in [0.25, 0.3) is 0 Å². The molecule has 0 aromatic heterocycles. The van der Waals surface area contributed by atoms with Crippen LogP contribution in [0.3, 0.4) is 0 Å². The molecular formula is C14H17NOS. The lowest BCUT2D eigenvalue weighted by Crippen LogP contribution is -2.00. The summed E-state index contributed by atoms with van der Waals surface area (Å²) in [7, 11) is 0. The van der Waals surface area contributed by atoms with Crippen LogP contribution in [-0.4, -0.2) is 12.4 Å². The minimum Gasteiger partial charge on any atom is -0.492 e. The van der Waals surface area contributed by atoms with Crippen molar-refractivity contribution >= 4 is 11.8 Å². The topological polar surface area (TPSA) is 33.0 Å². The van der Waals surface area contributed by atoms with Crippen LogP contribution in [0.4, 0.5) is 0 Å². The standard InChI is InChI=1S/C14H17NOS/c1-4-17-14-7-5-6-13(12(14)10-15)16-9-8-11(2)3/h5-7H,2,4,8-9H2,1,3H3. The maximum atomic E-state index is 9.17. The van der Waals surface area contributed by atoms with Crippen LogP contribution in [-0.2, 0) is 0 Å². The molecule has 0 unspecified atom stereocenters. The van der Waals surface area contributed by atoms with Crippen molar-refractivity contribution in [2.45, 2.75) is 25.2 Å². The maximum absolute atomic E-state index is 9.17. The zero-order valence-corrected chi connectivity index (χ0v) is 11.1. The molecule has 2 nitrogen and oxygen atoms in total. The Kier molecular flexibility index (Phi) is 5.65. The number of thioether (sulfide) groups is 1. The number of ether oxygens (including phenoxy) is 1. The molecule has 0 saturated heterocycles. The first-order valence-corrected chi connectivity index (χ1v) is 6.60. The summed E-state index contributed by atoms with van der Waals surface area (Å²) in [5, 5.41) is 9.17. The Morgan fingerprint density at radius 1 is 1.53 bits per heavy atom. The van der Waals surface area contributed by atoms with E-state index < -0.39 is 0 Å². The van der Waals surface area contributed by atoms with Gasteiger partial charge in [-0.2, -0.15) is 5.26 Å². The summed E-state index contributed by atoms with van der Waals surface area (Å²) < 4.78 is 5.63. The molecular weight excluding hydrogens is 230 g/mol. The van der Waals surface area contributed by atoms with Crippen LogP contribution >= 0.6 is 11.8 Å². The SMILES string of the molecule is C=C(C)CCOc1cccc(SCC)c1C#N. The summed E-state index contributed by atoms with van der Waals surface area (Å²) in [4.78, 5) is 0.989. The average Bonchev–Trinajstić information content (AvgIpc) is 2.29. The predicted octanol–water partition coefficient (Wildman–Crippen LogP) is 4.02. The molecule has 0 aliphatic carbocycles. The Balaban J connectivity index is 2.81. The van der Waals surface area contributed by atoms with E-state index in [0.717, 1.165) is 22.6 Å². The summed E-state index contributed by atoms with van der Waals surface area (Å²) in [6, 6.07) is 7.95. The summed E-state index contributed by atoms with van der Waals surface area (Å²) in [5.41, 5.74) is 1.73. The van der Waals surface area contributed by atoms with Gasteiger partial charge in [0, 0.05) is 11.3 Å². The van der Waals surface area contributed by atoms with E-state index in [1.165, 1.54) is 0 Å². The first-order valence-electron chi connectivity index (χ1n) is 5.62. The van der Waals surface area contributed by atoms with Gasteiger partial charge in [-0.15, -0.1) is 18.3 Å². The van der Waals surface area contributed by atoms with Crippen LogP contribution in [0.5, 0.6) is 5.75 Å². The highest BCUT2D eigenvalue weighted by Gasteiger charge is 2.08. The molecule has 0 atom stereocenters. The molecule has 1 aromatic rings. The van der Waals surface area contributed by atoms with Gasteiger partial charge >= 0.3 is 0 Å². The lowest BCUT2D eigenvalue weighted by atomic mass is 10.2. The van der Waals surface area contributed by atoms with Gasteiger partial charge in [0.1, 0.15) is 17.4 Å². The summed E-state index contributed by atoms with van der Waals surface area (Å²) in [5.74, 6) is 1.62. The van der Waals surface area contributed by atoms with Gasteiger partial charge in [0.25, 0.3) is 0 Å². The van der Waals surface area contributed by atoms with E-state index in [9.17, 15) is 5.26 Å². The summed E-state index contributed by atoms with van der Waals surface area (Å²) in [6.07, 6.45) is 0.815. The highest BCUT2D eigenvalue weighted by atomic mass is 32.2. The number of rotatable bonds is 6. The molecule has 0 bridgehead atoms. The van der Waals surface area contributed by atoms with Gasteiger partial charge in [0.2, 0.25) is 0 Å². The highest BCUT2D eigenvalue weighted by molar-refractivity contribution is 7.99. The largest absolute Gasteiger partial charge is 0.492 e. The molecule has 0 N–H and O–H groups in total. The molecule has 0 aliphatic heterocycles. The fourth-order valence-corrected chi connectivity index (χ4v) is 2.13. The molecule has 1 rings (SSSR count). The third-order valence-corrected chi connectivity index (χ3v) is 3.13. The van der Waals surface area contributed by atoms with Crippen molar-refractivity contribution in [2.75, 3.05) is 12.4 Å². The van der Waals surface area contributed by atoms with Gasteiger partial charge in [0.15, 0.2) is 0 Å². The van der Waals surface area contributed by atoms with E-state index in [4.69, 9.17) is 4.74 Å². The second-order valence-electron chi connectivity index (χ2n) is 3.73. The molecule has 0 fully saturated rings. The minimum atomic E-state index is 0.574. The van der Waals surface area contributed by atoms with Crippen molar-refractivity contribution in [1.82, 2.24) is 0 Å². The lowest BCUT2D eigenvalue weighted by Gasteiger charge is -2.10. The fourth-order valence-electron chi connectivity index (χ4n) is 1.35. The second-order valence-corrected chi connectivity index (χ2v) is 5.04. The van der Waals surface area contributed by atoms with Gasteiger partial charge in [-0.1, -0.05) is 18.6 Å². The number of benzene rings is 1. The van der Waals surface area contributed by atoms with E-state index in [2.05, 4.69) is 19.6 Å². The Labute approximate surface area is 107 Å². The molecule has 1 aromatic carbocycles. The molecule has 0 amide bonds. The van der Waals surface area contributed by atoms with Crippen molar-refractivity contribution in [2.24, 2.45) is 0 Å². The fraction of sp³-hybridized carbons (Fsp3) is 0.357. The normalized spacial score (nSPS) is 9.71. The predicted molar refractivity (Wildman–Crippen MR) is 72.5 cm³/mol. The Morgan fingerprint density at radius 2 is 2.29 bits per heavy atom. The number of hydrogen-bond donors (Lipinski definition) is 0. The third kappa shape index (κ3) is 4.16. The van der Waals surface area contributed by atoms with Crippen molar-refractivity contribution in [3.63, 3.8) is 0 Å². The third-order valence-electron chi connectivity index (χ3n) is 2.19. The van der Waals surface area contributed by atoms with Crippen molar-refractivity contribution in [3.05, 3.63) is 35.9 Å². The minimum absolute atomic E-state index is 0.574. The van der Waals surface area contributed by atoms with Crippen LogP contribution in [0.15, 0.2) is 35.2 Å². The number of nitrogens with zero attached hydrogens (tertiary/aromatic N) is 1. The highest BCUT2D eigenvalue weighted by Crippen LogP contribution is 2.29. The molecule has 3 heteroatoms. The quantitative estimate of drug-likeness (QED) is 0.562. The van der Waals surface area contributed by atoms with Crippen molar-refractivity contribution < 1.29 is 4.74 Å². The molecule has 17 heavy (non-hydrogen) atoms. The number of hydrogen-bond acceptors (Lipinski definition) is 3. The van der Waals surface area contributed by atoms with Crippen LogP contribution in [0.2, 0.25) is 0 Å². The Hall–Kier alpha value is -1.40. The molecule has 0 heterocycles. The molecule has 0 saturated carbocycles. The van der Waals surface area contributed by atoms with Crippen molar-refractivity contribution in [3.8, 4) is 11.8 Å². The molecule has 0 radical (unpaired) electrons. The van der Waals surface area contributed by atoms with Crippen LogP contribution < -0.4 is 4.74 Å². The second kappa shape index (κ2) is 7.03. The van der Waals surface area contributed by atoms with Crippen LogP contribution in [0, 0.1) is 11.3 Å². The zero-order chi connectivity index (χ0) is 12.7. The van der Waals surface area contributed by atoms with Gasteiger partial charge in [0.05, 0.1) is 6.61 Å². The maximum Gasteiger partial charge on any atom is 0.138 e. The van der Waals surface area contributed by atoms with E-state index in [-0.39, 0.29) is 0 Å². The summed E-state index contributed by atoms with van der Waals surface area (Å²) >= 11 is 1.66. The first kappa shape index (κ1) is 13.7. The van der Waals surface area contributed by atoms with E-state index in [0.29, 0.717) is 17.9 Å². The Bertz CT molecular complexity index is 434. The molecule has 0 aliphatic rings. The van der Waals surface area contributed by atoms with E-state index in [1.807, 2.05) is 25.1 Å². The zero-order valence-electron chi connectivity index (χ0n) is 10.3. The summed E-state index contributed by atoms with van der Waals surface area (Å²) in [6.45, 7) is 8.44. The first-order chi connectivity index (χ1) is 8.19. The van der Waals surface area contributed by atoms with Gasteiger partial charge in [-0.25, -0.2) is 0 Å².